The van der Waals surface area contributed by atoms with Gasteiger partial charge in [-0.1, -0.05) is 54.6 Å². The number of amides is 2. The van der Waals surface area contributed by atoms with Crippen LogP contribution in [0.4, 0.5) is 17.1 Å². The zero-order valence-electron chi connectivity index (χ0n) is 15.2. The van der Waals surface area contributed by atoms with Gasteiger partial charge in [-0.2, -0.15) is 0 Å². The predicted molar refractivity (Wildman–Crippen MR) is 107 cm³/mol. The molecule has 0 bridgehead atoms. The fraction of sp³-hybridized carbons (Fsp3) is 0.130. The number of benzene rings is 3. The smallest absolute Gasteiger partial charge is 0.269 e. The molecule has 5 nitrogen and oxygen atoms in total. The number of aliphatic hydroxyl groups is 1. The highest BCUT2D eigenvalue weighted by molar-refractivity contribution is 6.17. The van der Waals surface area contributed by atoms with Crippen LogP contribution in [0.15, 0.2) is 78.9 Å². The van der Waals surface area contributed by atoms with Crippen molar-refractivity contribution in [1.82, 2.24) is 0 Å². The Balaban J connectivity index is 1.74. The summed E-state index contributed by atoms with van der Waals surface area (Å²) in [6.07, 6.45) is 0. The minimum atomic E-state index is -1.97. The third-order valence-electron chi connectivity index (χ3n) is 5.70. The van der Waals surface area contributed by atoms with Crippen LogP contribution in [0.2, 0.25) is 0 Å². The van der Waals surface area contributed by atoms with Crippen molar-refractivity contribution in [2.45, 2.75) is 11.5 Å². The van der Waals surface area contributed by atoms with Crippen molar-refractivity contribution in [2.75, 3.05) is 16.8 Å². The molecule has 3 aromatic carbocycles. The number of fused-ring (bicyclic) bond motifs is 2. The van der Waals surface area contributed by atoms with E-state index in [0.717, 1.165) is 5.69 Å². The first kappa shape index (κ1) is 16.7. The molecule has 2 amide bonds. The van der Waals surface area contributed by atoms with Crippen molar-refractivity contribution in [1.29, 1.82) is 0 Å². The second-order valence-corrected chi connectivity index (χ2v) is 7.15. The molecule has 2 heterocycles. The molecule has 0 aliphatic carbocycles. The zero-order valence-corrected chi connectivity index (χ0v) is 15.2. The minimum Gasteiger partial charge on any atom is -0.374 e. The molecule has 0 spiro atoms. The number of nitrogens with zero attached hydrogens (tertiary/aromatic N) is 2. The van der Waals surface area contributed by atoms with E-state index in [4.69, 9.17) is 0 Å². The average molecular weight is 370 g/mol. The molecule has 0 aromatic heterocycles. The highest BCUT2D eigenvalue weighted by Gasteiger charge is 2.60. The van der Waals surface area contributed by atoms with Gasteiger partial charge in [0.1, 0.15) is 5.92 Å². The fourth-order valence-corrected chi connectivity index (χ4v) is 4.38. The molecule has 2 aliphatic rings. The van der Waals surface area contributed by atoms with Crippen LogP contribution in [0, 0.1) is 0 Å². The van der Waals surface area contributed by atoms with Crippen LogP contribution in [-0.4, -0.2) is 24.0 Å². The molecule has 138 valence electrons. The topological polar surface area (TPSA) is 60.9 Å². The third kappa shape index (κ3) is 1.99. The van der Waals surface area contributed by atoms with Gasteiger partial charge in [0.25, 0.3) is 5.91 Å². The summed E-state index contributed by atoms with van der Waals surface area (Å²) in [6, 6.07) is 23.6. The number of carbonyl (C=O) groups is 2. The average Bonchev–Trinajstić information content (AvgIpc) is 3.12. The molecule has 0 fully saturated rings. The van der Waals surface area contributed by atoms with E-state index in [-0.39, 0.29) is 5.91 Å². The van der Waals surface area contributed by atoms with E-state index < -0.39 is 17.4 Å². The number of rotatable bonds is 2. The van der Waals surface area contributed by atoms with Gasteiger partial charge in [0.2, 0.25) is 5.91 Å². The summed E-state index contributed by atoms with van der Waals surface area (Å²) >= 11 is 0. The van der Waals surface area contributed by atoms with Gasteiger partial charge in [0, 0.05) is 24.0 Å². The maximum absolute atomic E-state index is 13.6. The molecule has 2 aliphatic heterocycles. The fourth-order valence-electron chi connectivity index (χ4n) is 4.38. The summed E-state index contributed by atoms with van der Waals surface area (Å²) in [5.41, 5.74) is 1.12. The Labute approximate surface area is 162 Å². The number of likely N-dealkylation sites (N-methyl/N-ethyl adjacent to an activating group) is 1. The molecule has 0 saturated heterocycles. The summed E-state index contributed by atoms with van der Waals surface area (Å²) in [5, 5.41) is 11.8. The predicted octanol–water partition coefficient (Wildman–Crippen LogP) is 3.31. The largest absolute Gasteiger partial charge is 0.374 e. The number of anilines is 3. The van der Waals surface area contributed by atoms with Crippen LogP contribution in [-0.2, 0) is 15.2 Å². The van der Waals surface area contributed by atoms with Crippen LogP contribution in [0.3, 0.4) is 0 Å². The minimum absolute atomic E-state index is 0.290. The lowest BCUT2D eigenvalue weighted by Crippen LogP contribution is -2.46. The van der Waals surface area contributed by atoms with E-state index >= 15 is 0 Å². The Morgan fingerprint density at radius 1 is 0.821 bits per heavy atom. The monoisotopic (exact) mass is 370 g/mol. The van der Waals surface area contributed by atoms with E-state index in [1.807, 2.05) is 54.6 Å². The lowest BCUT2D eigenvalue weighted by Gasteiger charge is -2.28. The Morgan fingerprint density at radius 3 is 2.18 bits per heavy atom. The second kappa shape index (κ2) is 5.78. The van der Waals surface area contributed by atoms with Gasteiger partial charge in [-0.3, -0.25) is 14.5 Å². The number of carbonyl (C=O) groups excluding carboxylic acids is 2. The molecule has 0 radical (unpaired) electrons. The van der Waals surface area contributed by atoms with Crippen LogP contribution in [0.5, 0.6) is 0 Å². The Hall–Kier alpha value is -3.44. The first-order valence-electron chi connectivity index (χ1n) is 9.13. The molecule has 2 atom stereocenters. The SMILES string of the molecule is CN1C(=O)C(C2(O)C(=O)N(c3ccccc3)c3ccccc32)c2ccccc21. The molecule has 3 aromatic rings. The van der Waals surface area contributed by atoms with Crippen molar-refractivity contribution in [3.8, 4) is 0 Å². The van der Waals surface area contributed by atoms with Gasteiger partial charge in [-0.25, -0.2) is 0 Å². The summed E-state index contributed by atoms with van der Waals surface area (Å²) in [5.74, 6) is -1.79. The van der Waals surface area contributed by atoms with Crippen molar-refractivity contribution in [3.05, 3.63) is 90.0 Å². The first-order chi connectivity index (χ1) is 13.5. The highest BCUT2D eigenvalue weighted by Crippen LogP contribution is 2.54. The van der Waals surface area contributed by atoms with E-state index in [1.165, 1.54) is 9.80 Å². The van der Waals surface area contributed by atoms with Crippen molar-refractivity contribution >= 4 is 28.9 Å². The highest BCUT2D eigenvalue weighted by atomic mass is 16.3. The summed E-state index contributed by atoms with van der Waals surface area (Å²) in [6.45, 7) is 0. The van der Waals surface area contributed by atoms with Crippen LogP contribution in [0.1, 0.15) is 17.0 Å². The van der Waals surface area contributed by atoms with Crippen molar-refractivity contribution < 1.29 is 14.7 Å². The summed E-state index contributed by atoms with van der Waals surface area (Å²) in [7, 11) is 1.67. The lowest BCUT2D eigenvalue weighted by molar-refractivity contribution is -0.143. The van der Waals surface area contributed by atoms with Gasteiger partial charge < -0.3 is 10.0 Å². The quantitative estimate of drug-likeness (QED) is 0.753. The van der Waals surface area contributed by atoms with Gasteiger partial charge in [-0.05, 0) is 29.8 Å². The molecular formula is C23H18N2O3. The van der Waals surface area contributed by atoms with E-state index in [0.29, 0.717) is 22.5 Å². The Kier molecular flexibility index (Phi) is 3.45. The van der Waals surface area contributed by atoms with Gasteiger partial charge >= 0.3 is 0 Å². The number of hydrogen-bond donors (Lipinski definition) is 1. The molecule has 2 unspecified atom stereocenters. The maximum Gasteiger partial charge on any atom is 0.269 e. The zero-order chi connectivity index (χ0) is 19.5. The van der Waals surface area contributed by atoms with Crippen LogP contribution in [0.25, 0.3) is 0 Å². The van der Waals surface area contributed by atoms with Crippen LogP contribution < -0.4 is 9.80 Å². The lowest BCUT2D eigenvalue weighted by atomic mass is 9.78. The summed E-state index contributed by atoms with van der Waals surface area (Å²) < 4.78 is 0. The second-order valence-electron chi connectivity index (χ2n) is 7.15. The van der Waals surface area contributed by atoms with Crippen molar-refractivity contribution in [2.24, 2.45) is 0 Å². The molecule has 0 saturated carbocycles. The number of hydrogen-bond acceptors (Lipinski definition) is 3. The standard InChI is InChI=1S/C23H18N2O3/c1-24-18-13-7-5-11-16(18)20(21(24)26)23(28)17-12-6-8-14-19(17)25(22(23)27)15-9-3-2-4-10-15/h2-14,20,28H,1H3. The molecule has 5 heteroatoms. The normalized spacial score (nSPS) is 23.1. The third-order valence-corrected chi connectivity index (χ3v) is 5.70. The Morgan fingerprint density at radius 2 is 1.43 bits per heavy atom. The van der Waals surface area contributed by atoms with Crippen LogP contribution >= 0.6 is 0 Å². The summed E-state index contributed by atoms with van der Waals surface area (Å²) in [4.78, 5) is 29.8. The van der Waals surface area contributed by atoms with Gasteiger partial charge in [-0.15, -0.1) is 0 Å². The molecular weight excluding hydrogens is 352 g/mol. The van der Waals surface area contributed by atoms with Gasteiger partial charge in [0.15, 0.2) is 5.60 Å². The van der Waals surface area contributed by atoms with E-state index in [2.05, 4.69) is 0 Å². The van der Waals surface area contributed by atoms with Crippen molar-refractivity contribution in [3.63, 3.8) is 0 Å². The molecule has 28 heavy (non-hydrogen) atoms. The molecule has 1 N–H and O–H groups in total. The van der Waals surface area contributed by atoms with Gasteiger partial charge in [0.05, 0.1) is 5.69 Å². The Bertz CT molecular complexity index is 1110. The maximum atomic E-state index is 13.6. The first-order valence-corrected chi connectivity index (χ1v) is 9.13. The molecule has 5 rings (SSSR count). The number of para-hydroxylation sites is 3. The van der Waals surface area contributed by atoms with E-state index in [9.17, 15) is 14.7 Å². The van der Waals surface area contributed by atoms with E-state index in [1.54, 1.807) is 31.3 Å².